The molecule has 0 bridgehead atoms. The van der Waals surface area contributed by atoms with Crippen LogP contribution in [-0.2, 0) is 0 Å². The smallest absolute Gasteiger partial charge is 0.323 e. The number of benzene rings is 2. The van der Waals surface area contributed by atoms with E-state index in [0.717, 1.165) is 5.69 Å². The van der Waals surface area contributed by atoms with Gasteiger partial charge in [0.05, 0.1) is 5.69 Å². The van der Waals surface area contributed by atoms with Gasteiger partial charge in [0.2, 0.25) is 5.88 Å². The van der Waals surface area contributed by atoms with Crippen LogP contribution >= 0.6 is 0 Å². The first-order valence-electron chi connectivity index (χ1n) is 9.03. The number of hydrogen-bond donors (Lipinski definition) is 2. The first-order valence-corrected chi connectivity index (χ1v) is 9.03. The summed E-state index contributed by atoms with van der Waals surface area (Å²) in [5, 5.41) is 17.7. The molecule has 2 aromatic heterocycles. The number of rotatable bonds is 5. The summed E-state index contributed by atoms with van der Waals surface area (Å²) in [5.41, 5.74) is 1.94. The van der Waals surface area contributed by atoms with E-state index in [0.29, 0.717) is 28.8 Å². The molecular weight excluding hydrogens is 387 g/mol. The number of carbonyl (C=O) groups excluding carboxylic acids is 1. The van der Waals surface area contributed by atoms with E-state index in [1.165, 1.54) is 24.3 Å². The lowest BCUT2D eigenvalue weighted by atomic mass is 10.3. The molecule has 150 valence electrons. The average molecular weight is 404 g/mol. The maximum Gasteiger partial charge on any atom is 0.323 e. The minimum Gasteiger partial charge on any atom is -0.438 e. The summed E-state index contributed by atoms with van der Waals surface area (Å²) in [5.74, 6) is 1.09. The highest BCUT2D eigenvalue weighted by molar-refractivity contribution is 5.99. The van der Waals surface area contributed by atoms with Gasteiger partial charge in [0.15, 0.2) is 5.82 Å². The molecule has 0 unspecified atom stereocenters. The molecule has 2 N–H and O–H groups in total. The zero-order valence-corrected chi connectivity index (χ0v) is 15.9. The number of carbonyl (C=O) groups is 1. The Hall–Kier alpha value is -4.27. The van der Waals surface area contributed by atoms with Crippen molar-refractivity contribution in [2.75, 3.05) is 10.6 Å². The van der Waals surface area contributed by atoms with E-state index in [1.807, 2.05) is 13.0 Å². The van der Waals surface area contributed by atoms with Crippen LogP contribution in [0.5, 0.6) is 11.6 Å². The first-order chi connectivity index (χ1) is 14.5. The molecule has 0 radical (unpaired) electrons. The van der Waals surface area contributed by atoms with Gasteiger partial charge in [0.1, 0.15) is 11.6 Å². The number of ether oxygens (including phenoxy) is 1. The van der Waals surface area contributed by atoms with Crippen molar-refractivity contribution >= 4 is 17.4 Å². The molecule has 0 saturated carbocycles. The molecule has 0 aliphatic rings. The van der Waals surface area contributed by atoms with Gasteiger partial charge in [-0.1, -0.05) is 0 Å². The molecule has 0 spiro atoms. The van der Waals surface area contributed by atoms with E-state index in [2.05, 4.69) is 25.9 Å². The molecule has 8 nitrogen and oxygen atoms in total. The molecule has 0 fully saturated rings. The van der Waals surface area contributed by atoms with Crippen LogP contribution in [0, 0.1) is 12.7 Å². The van der Waals surface area contributed by atoms with E-state index >= 15 is 0 Å². The second-order valence-electron chi connectivity index (χ2n) is 6.34. The monoisotopic (exact) mass is 404 g/mol. The lowest BCUT2D eigenvalue weighted by Crippen LogP contribution is -2.19. The predicted octanol–water partition coefficient (Wildman–Crippen LogP) is 4.55. The SMILES string of the molecule is Cc1ccn(-c2ccc(Oc3ccc(NC(=O)Nc4ccc(F)cc4)cc3)nn2)n1. The highest BCUT2D eigenvalue weighted by Crippen LogP contribution is 2.21. The topological polar surface area (TPSA) is 94.0 Å². The summed E-state index contributed by atoms with van der Waals surface area (Å²) < 4.78 is 20.2. The summed E-state index contributed by atoms with van der Waals surface area (Å²) >= 11 is 0. The molecule has 0 atom stereocenters. The Morgan fingerprint density at radius 2 is 1.57 bits per heavy atom. The average Bonchev–Trinajstić information content (AvgIpc) is 3.18. The number of nitrogens with zero attached hydrogens (tertiary/aromatic N) is 4. The van der Waals surface area contributed by atoms with Gasteiger partial charge in [-0.05, 0) is 67.6 Å². The van der Waals surface area contributed by atoms with Gasteiger partial charge < -0.3 is 15.4 Å². The lowest BCUT2D eigenvalue weighted by molar-refractivity contribution is 0.262. The Balaban J connectivity index is 1.34. The summed E-state index contributed by atoms with van der Waals surface area (Å²) in [6.07, 6.45) is 1.80. The molecule has 0 aliphatic heterocycles. The molecule has 2 amide bonds. The normalized spacial score (nSPS) is 10.5. The minimum absolute atomic E-state index is 0.331. The highest BCUT2D eigenvalue weighted by atomic mass is 19.1. The van der Waals surface area contributed by atoms with Crippen LogP contribution in [0.15, 0.2) is 72.9 Å². The zero-order valence-electron chi connectivity index (χ0n) is 15.9. The van der Waals surface area contributed by atoms with Gasteiger partial charge in [-0.25, -0.2) is 13.9 Å². The minimum atomic E-state index is -0.439. The molecule has 30 heavy (non-hydrogen) atoms. The summed E-state index contributed by atoms with van der Waals surface area (Å²) in [6.45, 7) is 1.90. The Labute approximate surface area is 171 Å². The number of amides is 2. The number of urea groups is 1. The van der Waals surface area contributed by atoms with Crippen molar-refractivity contribution in [3.8, 4) is 17.4 Å². The van der Waals surface area contributed by atoms with Gasteiger partial charge in [-0.2, -0.15) is 5.10 Å². The van der Waals surface area contributed by atoms with Crippen molar-refractivity contribution in [1.82, 2.24) is 20.0 Å². The van der Waals surface area contributed by atoms with E-state index in [1.54, 1.807) is 47.3 Å². The number of halogens is 1. The van der Waals surface area contributed by atoms with E-state index in [9.17, 15) is 9.18 Å². The van der Waals surface area contributed by atoms with Crippen molar-refractivity contribution in [2.45, 2.75) is 6.92 Å². The van der Waals surface area contributed by atoms with Crippen molar-refractivity contribution in [3.63, 3.8) is 0 Å². The van der Waals surface area contributed by atoms with Gasteiger partial charge in [0, 0.05) is 23.6 Å². The van der Waals surface area contributed by atoms with E-state index in [4.69, 9.17) is 4.74 Å². The number of nitrogens with one attached hydrogen (secondary N) is 2. The fourth-order valence-electron chi connectivity index (χ4n) is 2.59. The predicted molar refractivity (Wildman–Crippen MR) is 109 cm³/mol. The van der Waals surface area contributed by atoms with Crippen LogP contribution in [-0.4, -0.2) is 26.0 Å². The molecule has 9 heteroatoms. The Morgan fingerprint density at radius 1 is 0.900 bits per heavy atom. The number of hydrogen-bond acceptors (Lipinski definition) is 5. The van der Waals surface area contributed by atoms with Gasteiger partial charge >= 0.3 is 6.03 Å². The van der Waals surface area contributed by atoms with Gasteiger partial charge in [-0.15, -0.1) is 10.2 Å². The second-order valence-corrected chi connectivity index (χ2v) is 6.34. The fraction of sp³-hybridized carbons (Fsp3) is 0.0476. The van der Waals surface area contributed by atoms with Gasteiger partial charge in [-0.3, -0.25) is 0 Å². The maximum absolute atomic E-state index is 12.9. The number of aromatic nitrogens is 4. The number of aryl methyl sites for hydroxylation is 1. The zero-order chi connectivity index (χ0) is 20.9. The van der Waals surface area contributed by atoms with Crippen LogP contribution in [0.3, 0.4) is 0 Å². The first kappa shape index (κ1) is 19.1. The molecular formula is C21H17FN6O2. The number of anilines is 2. The standard InChI is InChI=1S/C21H17FN6O2/c1-14-12-13-28(27-14)19-10-11-20(26-25-19)30-18-8-6-17(7-9-18)24-21(29)23-16-4-2-15(22)3-5-16/h2-13H,1H3,(H2,23,24,29). The molecule has 2 heterocycles. The molecule has 0 aliphatic carbocycles. The molecule has 2 aromatic carbocycles. The van der Waals surface area contributed by atoms with Crippen LogP contribution in [0.1, 0.15) is 5.69 Å². The second kappa shape index (κ2) is 8.39. The largest absolute Gasteiger partial charge is 0.438 e. The van der Waals surface area contributed by atoms with Crippen LogP contribution in [0.25, 0.3) is 5.82 Å². The quantitative estimate of drug-likeness (QED) is 0.509. The van der Waals surface area contributed by atoms with Crippen molar-refractivity contribution in [1.29, 1.82) is 0 Å². The van der Waals surface area contributed by atoms with Crippen LogP contribution < -0.4 is 15.4 Å². The summed E-state index contributed by atoms with van der Waals surface area (Å²) in [6, 6.07) is 17.2. The molecule has 0 saturated heterocycles. The Bertz CT molecular complexity index is 1140. The lowest BCUT2D eigenvalue weighted by Gasteiger charge is -2.09. The third-order valence-electron chi connectivity index (χ3n) is 4.02. The van der Waals surface area contributed by atoms with Crippen molar-refractivity contribution < 1.29 is 13.9 Å². The Morgan fingerprint density at radius 3 is 2.13 bits per heavy atom. The summed E-state index contributed by atoms with van der Waals surface area (Å²) in [4.78, 5) is 12.0. The van der Waals surface area contributed by atoms with E-state index in [-0.39, 0.29) is 5.82 Å². The highest BCUT2D eigenvalue weighted by Gasteiger charge is 2.06. The maximum atomic E-state index is 12.9. The third kappa shape index (κ3) is 4.76. The van der Waals surface area contributed by atoms with Crippen molar-refractivity contribution in [2.24, 2.45) is 0 Å². The van der Waals surface area contributed by atoms with Crippen molar-refractivity contribution in [3.05, 3.63) is 84.4 Å². The summed E-state index contributed by atoms with van der Waals surface area (Å²) in [7, 11) is 0. The van der Waals surface area contributed by atoms with E-state index < -0.39 is 6.03 Å². The van der Waals surface area contributed by atoms with Gasteiger partial charge in [0.25, 0.3) is 0 Å². The van der Waals surface area contributed by atoms with Crippen LogP contribution in [0.2, 0.25) is 0 Å². The molecule has 4 aromatic rings. The third-order valence-corrected chi connectivity index (χ3v) is 4.02. The van der Waals surface area contributed by atoms with Crippen LogP contribution in [0.4, 0.5) is 20.6 Å². The molecule has 4 rings (SSSR count). The fourth-order valence-corrected chi connectivity index (χ4v) is 2.59. The Kier molecular flexibility index (Phi) is 5.33.